The molecule has 1 aromatic heterocycles. The van der Waals surface area contributed by atoms with Gasteiger partial charge in [0, 0.05) is 36.9 Å². The van der Waals surface area contributed by atoms with Gasteiger partial charge in [-0.1, -0.05) is 11.6 Å². The van der Waals surface area contributed by atoms with Crippen LogP contribution in [0.15, 0.2) is 18.2 Å². The Morgan fingerprint density at radius 2 is 2.19 bits per heavy atom. The second-order valence-corrected chi connectivity index (χ2v) is 6.81. The Bertz CT molecular complexity index is 844. The van der Waals surface area contributed by atoms with E-state index < -0.39 is 5.82 Å². The molecular weight excluding hydrogens is 373 g/mol. The maximum Gasteiger partial charge on any atom is 0.222 e. The predicted octanol–water partition coefficient (Wildman–Crippen LogP) is 3.09. The number of ether oxygens (including phenoxy) is 1. The molecule has 1 saturated heterocycles. The van der Waals surface area contributed by atoms with E-state index in [9.17, 15) is 9.18 Å². The van der Waals surface area contributed by atoms with Gasteiger partial charge in [-0.25, -0.2) is 9.37 Å². The Hall–Kier alpha value is -2.45. The van der Waals surface area contributed by atoms with Gasteiger partial charge in [-0.2, -0.15) is 4.98 Å². The van der Waals surface area contributed by atoms with Gasteiger partial charge in [0.25, 0.3) is 0 Å². The molecule has 27 heavy (non-hydrogen) atoms. The zero-order chi connectivity index (χ0) is 19.6. The lowest BCUT2D eigenvalue weighted by molar-refractivity contribution is -0.114. The van der Waals surface area contributed by atoms with Crippen LogP contribution < -0.4 is 16.0 Å². The molecule has 0 aliphatic carbocycles. The molecular formula is C18H21ClFN5O2. The van der Waals surface area contributed by atoms with Gasteiger partial charge in [-0.3, -0.25) is 4.79 Å². The number of aromatic nitrogens is 2. The number of nitrogen functional groups attached to an aromatic ring is 1. The normalized spacial score (nSPS) is 17.5. The summed E-state index contributed by atoms with van der Waals surface area (Å²) >= 11 is 6.35. The van der Waals surface area contributed by atoms with E-state index in [0.29, 0.717) is 31.1 Å². The number of rotatable bonds is 3. The van der Waals surface area contributed by atoms with Crippen LogP contribution in [0.2, 0.25) is 5.02 Å². The van der Waals surface area contributed by atoms with E-state index in [0.717, 1.165) is 12.1 Å². The number of carbonyl (C=O) groups excluding carboxylic acids is 1. The van der Waals surface area contributed by atoms with E-state index >= 15 is 0 Å². The first kappa shape index (κ1) is 19.3. The fourth-order valence-electron chi connectivity index (χ4n) is 3.14. The molecule has 1 amide bonds. The molecule has 1 aromatic carbocycles. The zero-order valence-corrected chi connectivity index (χ0v) is 15.9. The van der Waals surface area contributed by atoms with Crippen LogP contribution in [0.4, 0.5) is 21.8 Å². The third-order valence-electron chi connectivity index (χ3n) is 4.25. The smallest absolute Gasteiger partial charge is 0.222 e. The van der Waals surface area contributed by atoms with Crippen LogP contribution in [-0.4, -0.2) is 35.6 Å². The summed E-state index contributed by atoms with van der Waals surface area (Å²) in [5.41, 5.74) is 7.27. The van der Waals surface area contributed by atoms with E-state index in [1.807, 2.05) is 17.9 Å². The van der Waals surface area contributed by atoms with Gasteiger partial charge < -0.3 is 20.7 Å². The van der Waals surface area contributed by atoms with Crippen LogP contribution in [0.1, 0.15) is 30.6 Å². The fraction of sp³-hybridized carbons (Fsp3) is 0.389. The van der Waals surface area contributed by atoms with Crippen molar-refractivity contribution in [3.8, 4) is 0 Å². The van der Waals surface area contributed by atoms with E-state index in [1.165, 1.54) is 13.0 Å². The minimum atomic E-state index is -0.595. The first-order valence-corrected chi connectivity index (χ1v) is 8.95. The van der Waals surface area contributed by atoms with Crippen molar-refractivity contribution in [1.29, 1.82) is 0 Å². The number of hydrogen-bond acceptors (Lipinski definition) is 6. The van der Waals surface area contributed by atoms with Gasteiger partial charge in [-0.15, -0.1) is 0 Å². The van der Waals surface area contributed by atoms with Gasteiger partial charge in [-0.05, 0) is 31.0 Å². The molecule has 1 aliphatic rings. The zero-order valence-electron chi connectivity index (χ0n) is 15.1. The third-order valence-corrected chi connectivity index (χ3v) is 4.58. The Balaban J connectivity index is 2.06. The maximum atomic E-state index is 14.2. The number of nitrogens with one attached hydrogen (secondary N) is 1. The van der Waals surface area contributed by atoms with E-state index in [4.69, 9.17) is 22.1 Å². The molecule has 2 heterocycles. The van der Waals surface area contributed by atoms with Crippen LogP contribution in [0, 0.1) is 12.7 Å². The molecule has 2 aromatic rings. The number of carbonyl (C=O) groups is 1. The molecule has 0 saturated carbocycles. The third kappa shape index (κ3) is 4.45. The van der Waals surface area contributed by atoms with Crippen molar-refractivity contribution in [2.24, 2.45) is 0 Å². The SMILES string of the molecule is CC(=O)Nc1cc([C@H]2COCCCN2c2cc(C)nc(N)n2)c(Cl)cc1F. The largest absolute Gasteiger partial charge is 0.379 e. The van der Waals surface area contributed by atoms with Gasteiger partial charge in [0.05, 0.1) is 18.3 Å². The lowest BCUT2D eigenvalue weighted by atomic mass is 10.0. The van der Waals surface area contributed by atoms with Crippen molar-refractivity contribution in [3.63, 3.8) is 0 Å². The van der Waals surface area contributed by atoms with Crippen LogP contribution in [0.25, 0.3) is 0 Å². The van der Waals surface area contributed by atoms with Crippen molar-refractivity contribution in [2.75, 3.05) is 35.7 Å². The molecule has 0 bridgehead atoms. The van der Waals surface area contributed by atoms with Crippen LogP contribution in [-0.2, 0) is 9.53 Å². The first-order chi connectivity index (χ1) is 12.8. The number of nitrogens with zero attached hydrogens (tertiary/aromatic N) is 3. The highest BCUT2D eigenvalue weighted by molar-refractivity contribution is 6.31. The van der Waals surface area contributed by atoms with Crippen LogP contribution in [0.3, 0.4) is 0 Å². The van der Waals surface area contributed by atoms with Crippen molar-refractivity contribution in [1.82, 2.24) is 9.97 Å². The second-order valence-electron chi connectivity index (χ2n) is 6.40. The fourth-order valence-corrected chi connectivity index (χ4v) is 3.41. The van der Waals surface area contributed by atoms with Gasteiger partial charge in [0.15, 0.2) is 0 Å². The minimum absolute atomic E-state index is 0.0736. The van der Waals surface area contributed by atoms with E-state index in [1.54, 1.807) is 6.07 Å². The highest BCUT2D eigenvalue weighted by Crippen LogP contribution is 2.35. The number of aryl methyl sites for hydroxylation is 1. The summed E-state index contributed by atoms with van der Waals surface area (Å²) in [5.74, 6) is -0.132. The average Bonchev–Trinajstić information content (AvgIpc) is 2.82. The maximum absolute atomic E-state index is 14.2. The highest BCUT2D eigenvalue weighted by Gasteiger charge is 2.28. The molecule has 0 spiro atoms. The standard InChI is InChI=1S/C18H21ClFN5O2/c1-10-6-17(24-18(21)22-10)25-4-3-5-27-9-16(25)12-7-15(23-11(2)26)14(20)8-13(12)19/h6-8,16H,3-5,9H2,1-2H3,(H,23,26)(H2,21,22,24)/t16-/m1/s1. The molecule has 3 rings (SSSR count). The van der Waals surface area contributed by atoms with Crippen LogP contribution in [0.5, 0.6) is 0 Å². The molecule has 1 atom stereocenters. The summed E-state index contributed by atoms with van der Waals surface area (Å²) in [6, 6.07) is 4.26. The van der Waals surface area contributed by atoms with Gasteiger partial charge in [0.1, 0.15) is 11.6 Å². The molecule has 1 fully saturated rings. The number of benzene rings is 1. The number of nitrogens with two attached hydrogens (primary N) is 1. The average molecular weight is 394 g/mol. The highest BCUT2D eigenvalue weighted by atomic mass is 35.5. The van der Waals surface area contributed by atoms with E-state index in [-0.39, 0.29) is 28.6 Å². The van der Waals surface area contributed by atoms with E-state index in [2.05, 4.69) is 15.3 Å². The predicted molar refractivity (Wildman–Crippen MR) is 102 cm³/mol. The topological polar surface area (TPSA) is 93.4 Å². The molecule has 144 valence electrons. The first-order valence-electron chi connectivity index (χ1n) is 8.57. The lowest BCUT2D eigenvalue weighted by Gasteiger charge is -2.31. The Morgan fingerprint density at radius 1 is 1.41 bits per heavy atom. The summed E-state index contributed by atoms with van der Waals surface area (Å²) < 4.78 is 19.9. The van der Waals surface area contributed by atoms with Crippen molar-refractivity contribution >= 4 is 35.0 Å². The molecule has 1 aliphatic heterocycles. The number of amides is 1. The molecule has 7 nitrogen and oxygen atoms in total. The van der Waals surface area contributed by atoms with Gasteiger partial charge >= 0.3 is 0 Å². The van der Waals surface area contributed by atoms with Crippen molar-refractivity contribution in [3.05, 3.63) is 40.3 Å². The summed E-state index contributed by atoms with van der Waals surface area (Å²) in [6.45, 7) is 4.74. The summed E-state index contributed by atoms with van der Waals surface area (Å²) in [5, 5.41) is 2.74. The van der Waals surface area contributed by atoms with Gasteiger partial charge in [0.2, 0.25) is 11.9 Å². The quantitative estimate of drug-likeness (QED) is 0.832. The monoisotopic (exact) mass is 393 g/mol. The van der Waals surface area contributed by atoms with Crippen molar-refractivity contribution < 1.29 is 13.9 Å². The van der Waals surface area contributed by atoms with Crippen molar-refractivity contribution in [2.45, 2.75) is 26.3 Å². The molecule has 3 N–H and O–H groups in total. The number of hydrogen-bond donors (Lipinski definition) is 2. The summed E-state index contributed by atoms with van der Waals surface area (Å²) in [6.07, 6.45) is 0.789. The van der Waals surface area contributed by atoms with Crippen LogP contribution >= 0.6 is 11.6 Å². The molecule has 0 unspecified atom stereocenters. The minimum Gasteiger partial charge on any atom is -0.379 e. The number of anilines is 3. The Morgan fingerprint density at radius 3 is 2.89 bits per heavy atom. The second kappa shape index (κ2) is 8.06. The molecule has 0 radical (unpaired) electrons. The molecule has 9 heteroatoms. The summed E-state index contributed by atoms with van der Waals surface area (Å²) in [4.78, 5) is 21.9. The number of halogens is 2. The summed E-state index contributed by atoms with van der Waals surface area (Å²) in [7, 11) is 0. The Labute approximate surface area is 161 Å². The lowest BCUT2D eigenvalue weighted by Crippen LogP contribution is -2.32. The Kier molecular flexibility index (Phi) is 5.76.